The minimum Gasteiger partial charge on any atom is -0.433 e. The summed E-state index contributed by atoms with van der Waals surface area (Å²) in [4.78, 5) is 11.4. The van der Waals surface area contributed by atoms with Gasteiger partial charge in [0.25, 0.3) is 5.88 Å². The zero-order valence-corrected chi connectivity index (χ0v) is 23.1. The van der Waals surface area contributed by atoms with E-state index in [0.29, 0.717) is 35.3 Å². The summed E-state index contributed by atoms with van der Waals surface area (Å²) in [5, 5.41) is 16.6. The number of nitrogens with zero attached hydrogens (tertiary/aromatic N) is 5. The highest BCUT2D eigenvalue weighted by molar-refractivity contribution is 6.32. The molecule has 0 aliphatic carbocycles. The van der Waals surface area contributed by atoms with Crippen LogP contribution in [0, 0.1) is 6.92 Å². The number of anilines is 1. The number of hydrogen-bond donors (Lipinski definition) is 2. The zero-order valence-electron chi connectivity index (χ0n) is 22.4. The molecule has 4 rings (SSSR count). The smallest absolute Gasteiger partial charge is 0.263 e. The third-order valence-corrected chi connectivity index (χ3v) is 7.95. The van der Waals surface area contributed by atoms with Gasteiger partial charge in [0.15, 0.2) is 11.6 Å². The molecule has 37 heavy (non-hydrogen) atoms. The molecule has 1 aromatic carbocycles. The second kappa shape index (κ2) is 11.8. The van der Waals surface area contributed by atoms with Crippen molar-refractivity contribution in [2.75, 3.05) is 25.9 Å². The SMILES string of the molecule is CCCCCC(O)(CC)c1cc(-c2cnc(N)c(Oc3cnn(C4CCN(C)CC4)c3)n2)cc(C)c1Cl. The van der Waals surface area contributed by atoms with Gasteiger partial charge in [0.05, 0.1) is 35.9 Å². The minimum absolute atomic E-state index is 0.200. The summed E-state index contributed by atoms with van der Waals surface area (Å²) >= 11 is 6.71. The third kappa shape index (κ3) is 6.25. The molecule has 0 saturated carbocycles. The molecule has 1 aliphatic heterocycles. The van der Waals surface area contributed by atoms with Gasteiger partial charge in [-0.1, -0.05) is 44.7 Å². The Morgan fingerprint density at radius 2 is 1.95 bits per heavy atom. The molecule has 8 nitrogen and oxygen atoms in total. The molecule has 0 spiro atoms. The molecular formula is C28H39ClN6O2. The largest absolute Gasteiger partial charge is 0.433 e. The van der Waals surface area contributed by atoms with E-state index >= 15 is 0 Å². The fourth-order valence-electron chi connectivity index (χ4n) is 4.97. The predicted molar refractivity (Wildman–Crippen MR) is 148 cm³/mol. The Hall–Kier alpha value is -2.68. The summed E-state index contributed by atoms with van der Waals surface area (Å²) in [5.74, 6) is 0.996. The number of hydrogen-bond acceptors (Lipinski definition) is 7. The number of piperidine rings is 1. The van der Waals surface area contributed by atoms with Crippen molar-refractivity contribution in [1.29, 1.82) is 0 Å². The number of aryl methyl sites for hydroxylation is 1. The van der Waals surface area contributed by atoms with E-state index in [1.807, 2.05) is 36.9 Å². The Morgan fingerprint density at radius 3 is 2.65 bits per heavy atom. The standard InChI is InChI=1S/C28H39ClN6O2/c1-5-7-8-11-28(36,6-2)23-15-20(14-19(3)25(23)29)24-17-31-26(30)27(33-24)37-22-16-32-35(18-22)21-9-12-34(4)13-10-21/h14-18,21,36H,5-13H2,1-4H3,(H2,30,31). The van der Waals surface area contributed by atoms with Crippen LogP contribution in [0.3, 0.4) is 0 Å². The molecule has 0 bridgehead atoms. The van der Waals surface area contributed by atoms with Crippen LogP contribution in [0.4, 0.5) is 5.82 Å². The molecule has 3 N–H and O–H groups in total. The zero-order chi connectivity index (χ0) is 26.6. The number of rotatable bonds is 10. The average molecular weight is 527 g/mol. The van der Waals surface area contributed by atoms with Crippen LogP contribution >= 0.6 is 11.6 Å². The molecule has 1 fully saturated rings. The third-order valence-electron chi connectivity index (χ3n) is 7.45. The first kappa shape index (κ1) is 27.4. The maximum Gasteiger partial charge on any atom is 0.263 e. The van der Waals surface area contributed by atoms with Gasteiger partial charge in [-0.3, -0.25) is 4.68 Å². The quantitative estimate of drug-likeness (QED) is 0.307. The lowest BCUT2D eigenvalue weighted by Crippen LogP contribution is -2.31. The number of nitrogens with two attached hydrogens (primary N) is 1. The second-order valence-electron chi connectivity index (χ2n) is 10.2. The van der Waals surface area contributed by atoms with E-state index in [2.05, 4.69) is 33.9 Å². The first-order valence-electron chi connectivity index (χ1n) is 13.3. The lowest BCUT2D eigenvalue weighted by molar-refractivity contribution is 0.0209. The molecule has 0 amide bonds. The van der Waals surface area contributed by atoms with Gasteiger partial charge in [0.2, 0.25) is 0 Å². The van der Waals surface area contributed by atoms with Crippen LogP contribution in [0.25, 0.3) is 11.3 Å². The summed E-state index contributed by atoms with van der Waals surface area (Å²) in [6, 6.07) is 4.23. The number of halogens is 1. The lowest BCUT2D eigenvalue weighted by Gasteiger charge is -2.29. The van der Waals surface area contributed by atoms with Crippen molar-refractivity contribution < 1.29 is 9.84 Å². The van der Waals surface area contributed by atoms with Gasteiger partial charge in [-0.05, 0) is 70.4 Å². The lowest BCUT2D eigenvalue weighted by atomic mass is 9.84. The molecule has 1 atom stereocenters. The van der Waals surface area contributed by atoms with Crippen molar-refractivity contribution in [2.24, 2.45) is 0 Å². The monoisotopic (exact) mass is 526 g/mol. The summed E-state index contributed by atoms with van der Waals surface area (Å²) in [7, 11) is 2.14. The van der Waals surface area contributed by atoms with Gasteiger partial charge >= 0.3 is 0 Å². The number of nitrogen functional groups attached to an aromatic ring is 1. The van der Waals surface area contributed by atoms with Gasteiger partial charge in [0, 0.05) is 16.1 Å². The first-order chi connectivity index (χ1) is 17.7. The van der Waals surface area contributed by atoms with Crippen LogP contribution in [-0.2, 0) is 5.60 Å². The van der Waals surface area contributed by atoms with Gasteiger partial charge < -0.3 is 20.5 Å². The summed E-state index contributed by atoms with van der Waals surface area (Å²) in [6.45, 7) is 8.19. The van der Waals surface area contributed by atoms with Crippen LogP contribution in [0.2, 0.25) is 5.02 Å². The Morgan fingerprint density at radius 1 is 1.19 bits per heavy atom. The average Bonchev–Trinajstić information content (AvgIpc) is 3.36. The minimum atomic E-state index is -1.00. The number of aromatic nitrogens is 4. The molecule has 200 valence electrons. The van der Waals surface area contributed by atoms with Gasteiger partial charge in [0.1, 0.15) is 0 Å². The fourth-order valence-corrected chi connectivity index (χ4v) is 5.25. The van der Waals surface area contributed by atoms with Crippen LogP contribution in [0.1, 0.15) is 76.0 Å². The molecule has 3 heterocycles. The van der Waals surface area contributed by atoms with E-state index in [1.54, 1.807) is 12.4 Å². The molecule has 1 unspecified atom stereocenters. The molecular weight excluding hydrogens is 488 g/mol. The Balaban J connectivity index is 1.60. The maximum atomic E-state index is 11.5. The predicted octanol–water partition coefficient (Wildman–Crippen LogP) is 6.12. The van der Waals surface area contributed by atoms with E-state index in [-0.39, 0.29) is 11.7 Å². The van der Waals surface area contributed by atoms with Crippen LogP contribution < -0.4 is 10.5 Å². The molecule has 0 radical (unpaired) electrons. The Kier molecular flexibility index (Phi) is 8.72. The number of unbranched alkanes of at least 4 members (excludes halogenated alkanes) is 2. The van der Waals surface area contributed by atoms with Gasteiger partial charge in [-0.25, -0.2) is 9.97 Å². The molecule has 2 aromatic heterocycles. The number of aliphatic hydroxyl groups is 1. The van der Waals surface area contributed by atoms with E-state index in [4.69, 9.17) is 22.1 Å². The van der Waals surface area contributed by atoms with Crippen LogP contribution in [-0.4, -0.2) is 49.9 Å². The fraction of sp³-hybridized carbons (Fsp3) is 0.536. The Labute approximate surface area is 224 Å². The second-order valence-corrected chi connectivity index (χ2v) is 10.6. The first-order valence-corrected chi connectivity index (χ1v) is 13.7. The van der Waals surface area contributed by atoms with E-state index in [0.717, 1.165) is 61.9 Å². The maximum absolute atomic E-state index is 11.5. The van der Waals surface area contributed by atoms with E-state index in [9.17, 15) is 5.11 Å². The van der Waals surface area contributed by atoms with Crippen molar-refractivity contribution in [3.63, 3.8) is 0 Å². The van der Waals surface area contributed by atoms with Crippen molar-refractivity contribution in [2.45, 2.75) is 77.4 Å². The summed E-state index contributed by atoms with van der Waals surface area (Å²) in [5.41, 5.74) is 8.13. The topological polar surface area (TPSA) is 102 Å². The number of benzene rings is 1. The normalized spacial score (nSPS) is 16.6. The van der Waals surface area contributed by atoms with E-state index in [1.165, 1.54) is 0 Å². The van der Waals surface area contributed by atoms with Crippen molar-refractivity contribution in [3.8, 4) is 22.9 Å². The molecule has 3 aromatic rings. The number of ether oxygens (including phenoxy) is 1. The van der Waals surface area contributed by atoms with Crippen molar-refractivity contribution in [1.82, 2.24) is 24.6 Å². The van der Waals surface area contributed by atoms with Gasteiger partial charge in [-0.15, -0.1) is 0 Å². The van der Waals surface area contributed by atoms with Crippen molar-refractivity contribution in [3.05, 3.63) is 46.9 Å². The van der Waals surface area contributed by atoms with Crippen LogP contribution in [0.15, 0.2) is 30.7 Å². The highest BCUT2D eigenvalue weighted by Crippen LogP contribution is 2.40. The van der Waals surface area contributed by atoms with Gasteiger partial charge in [-0.2, -0.15) is 5.10 Å². The number of likely N-dealkylation sites (tertiary alicyclic amines) is 1. The molecule has 9 heteroatoms. The van der Waals surface area contributed by atoms with E-state index < -0.39 is 5.60 Å². The van der Waals surface area contributed by atoms with Crippen LogP contribution in [0.5, 0.6) is 11.6 Å². The van der Waals surface area contributed by atoms with Crippen molar-refractivity contribution >= 4 is 17.4 Å². The highest BCUT2D eigenvalue weighted by Gasteiger charge is 2.30. The molecule has 1 aliphatic rings. The highest BCUT2D eigenvalue weighted by atomic mass is 35.5. The summed E-state index contributed by atoms with van der Waals surface area (Å²) < 4.78 is 8.00. The Bertz CT molecular complexity index is 1210. The summed E-state index contributed by atoms with van der Waals surface area (Å²) in [6.07, 6.45) is 11.6. The molecule has 1 saturated heterocycles.